The molecule has 0 fully saturated rings. The molecule has 1 aromatic heterocycles. The minimum atomic E-state index is 0.246. The summed E-state index contributed by atoms with van der Waals surface area (Å²) in [5, 5.41) is 4.87. The number of H-pyrrole nitrogens is 1. The van der Waals surface area contributed by atoms with Gasteiger partial charge < -0.3 is 15.0 Å². The topological polar surface area (TPSA) is 37.0 Å². The van der Waals surface area contributed by atoms with E-state index in [-0.39, 0.29) is 6.04 Å². The summed E-state index contributed by atoms with van der Waals surface area (Å²) in [6, 6.07) is 15.1. The summed E-state index contributed by atoms with van der Waals surface area (Å²) in [6.07, 6.45) is 3.21. The monoisotopic (exact) mass is 278 g/mol. The Labute approximate surface area is 123 Å². The molecule has 1 atom stereocenters. The quantitative estimate of drug-likeness (QED) is 0.753. The number of aromatic nitrogens is 1. The van der Waals surface area contributed by atoms with E-state index < -0.39 is 0 Å². The van der Waals surface area contributed by atoms with Gasteiger partial charge in [0.15, 0.2) is 0 Å². The molecule has 1 aliphatic heterocycles. The standard InChI is InChI=1S/C18H18N2O/c1-21-13-6-7-17-15(10-13)16(11-20-17)18-14-5-3-2-4-12(14)8-9-19-18/h2-7,10-11,18-20H,8-9H2,1H3. The van der Waals surface area contributed by atoms with Crippen molar-refractivity contribution in [3.8, 4) is 5.75 Å². The molecular weight excluding hydrogens is 260 g/mol. The number of hydrogen-bond donors (Lipinski definition) is 2. The Balaban J connectivity index is 1.87. The van der Waals surface area contributed by atoms with Crippen LogP contribution in [0, 0.1) is 0 Å². The molecule has 106 valence electrons. The Morgan fingerprint density at radius 2 is 2.00 bits per heavy atom. The van der Waals surface area contributed by atoms with Crippen LogP contribution < -0.4 is 10.1 Å². The first-order valence-electron chi connectivity index (χ1n) is 7.33. The van der Waals surface area contributed by atoms with Gasteiger partial charge in [-0.3, -0.25) is 0 Å². The molecule has 2 aromatic carbocycles. The fourth-order valence-corrected chi connectivity index (χ4v) is 3.27. The van der Waals surface area contributed by atoms with Crippen molar-refractivity contribution in [2.75, 3.05) is 13.7 Å². The average molecular weight is 278 g/mol. The first-order chi connectivity index (χ1) is 10.4. The molecule has 0 spiro atoms. The molecule has 1 aliphatic rings. The van der Waals surface area contributed by atoms with Crippen LogP contribution in [-0.4, -0.2) is 18.6 Å². The van der Waals surface area contributed by atoms with Gasteiger partial charge in [-0.15, -0.1) is 0 Å². The van der Waals surface area contributed by atoms with Crippen LogP contribution in [0.3, 0.4) is 0 Å². The molecule has 3 nitrogen and oxygen atoms in total. The van der Waals surface area contributed by atoms with Crippen LogP contribution in [0.25, 0.3) is 10.9 Å². The van der Waals surface area contributed by atoms with E-state index >= 15 is 0 Å². The van der Waals surface area contributed by atoms with Gasteiger partial charge in [-0.05, 0) is 41.3 Å². The molecule has 2 heterocycles. The van der Waals surface area contributed by atoms with Gasteiger partial charge in [-0.25, -0.2) is 0 Å². The maximum atomic E-state index is 5.37. The summed E-state index contributed by atoms with van der Waals surface area (Å²) in [5.41, 5.74) is 5.26. The first-order valence-corrected chi connectivity index (χ1v) is 7.33. The van der Waals surface area contributed by atoms with E-state index in [1.807, 2.05) is 6.07 Å². The molecule has 1 unspecified atom stereocenters. The van der Waals surface area contributed by atoms with E-state index in [0.717, 1.165) is 24.2 Å². The molecule has 21 heavy (non-hydrogen) atoms. The van der Waals surface area contributed by atoms with Crippen molar-refractivity contribution < 1.29 is 4.74 Å². The van der Waals surface area contributed by atoms with Gasteiger partial charge in [0.2, 0.25) is 0 Å². The lowest BCUT2D eigenvalue weighted by molar-refractivity contribution is 0.415. The molecule has 0 bridgehead atoms. The highest BCUT2D eigenvalue weighted by atomic mass is 16.5. The number of benzene rings is 2. The first kappa shape index (κ1) is 12.5. The predicted octanol–water partition coefficient (Wildman–Crippen LogP) is 3.41. The van der Waals surface area contributed by atoms with E-state index in [4.69, 9.17) is 4.74 Å². The summed E-state index contributed by atoms with van der Waals surface area (Å²) < 4.78 is 5.37. The zero-order valence-corrected chi connectivity index (χ0v) is 12.0. The van der Waals surface area contributed by atoms with Crippen LogP contribution in [0.5, 0.6) is 5.75 Å². The Morgan fingerprint density at radius 1 is 1.10 bits per heavy atom. The van der Waals surface area contributed by atoms with Crippen LogP contribution >= 0.6 is 0 Å². The fraction of sp³-hybridized carbons (Fsp3) is 0.222. The van der Waals surface area contributed by atoms with Gasteiger partial charge in [0.05, 0.1) is 13.2 Å². The van der Waals surface area contributed by atoms with Crippen LogP contribution in [0.15, 0.2) is 48.7 Å². The molecule has 3 aromatic rings. The van der Waals surface area contributed by atoms with Crippen molar-refractivity contribution in [2.24, 2.45) is 0 Å². The normalized spacial score (nSPS) is 17.7. The SMILES string of the molecule is COc1ccc2[nH]cc(C3NCCc4ccccc43)c2c1. The summed E-state index contributed by atoms with van der Waals surface area (Å²) in [4.78, 5) is 3.37. The number of aromatic amines is 1. The molecule has 2 N–H and O–H groups in total. The third kappa shape index (κ3) is 2.01. The van der Waals surface area contributed by atoms with Crippen LogP contribution in [-0.2, 0) is 6.42 Å². The van der Waals surface area contributed by atoms with Gasteiger partial charge in [-0.2, -0.15) is 0 Å². The zero-order valence-electron chi connectivity index (χ0n) is 12.0. The lowest BCUT2D eigenvalue weighted by Crippen LogP contribution is -2.30. The molecule has 0 amide bonds. The third-order valence-electron chi connectivity index (χ3n) is 4.34. The molecular formula is C18H18N2O. The Kier molecular flexibility index (Phi) is 2.93. The second-order valence-corrected chi connectivity index (χ2v) is 5.49. The van der Waals surface area contributed by atoms with Crippen molar-refractivity contribution in [1.82, 2.24) is 10.3 Å². The third-order valence-corrected chi connectivity index (χ3v) is 4.34. The summed E-state index contributed by atoms with van der Waals surface area (Å²) in [5.74, 6) is 0.896. The molecule has 0 aliphatic carbocycles. The molecule has 0 saturated heterocycles. The largest absolute Gasteiger partial charge is 0.497 e. The number of fused-ring (bicyclic) bond motifs is 2. The van der Waals surface area contributed by atoms with Crippen molar-refractivity contribution >= 4 is 10.9 Å². The van der Waals surface area contributed by atoms with Crippen molar-refractivity contribution in [3.05, 3.63) is 65.4 Å². The van der Waals surface area contributed by atoms with Gasteiger partial charge in [0, 0.05) is 23.6 Å². The molecule has 0 radical (unpaired) electrons. The Hall–Kier alpha value is -2.26. The summed E-state index contributed by atoms with van der Waals surface area (Å²) in [7, 11) is 1.71. The van der Waals surface area contributed by atoms with Crippen molar-refractivity contribution in [3.63, 3.8) is 0 Å². The minimum Gasteiger partial charge on any atom is -0.497 e. The zero-order chi connectivity index (χ0) is 14.2. The van der Waals surface area contributed by atoms with E-state index in [1.54, 1.807) is 7.11 Å². The number of nitrogens with one attached hydrogen (secondary N) is 2. The van der Waals surface area contributed by atoms with Gasteiger partial charge in [0.1, 0.15) is 5.75 Å². The van der Waals surface area contributed by atoms with E-state index in [2.05, 4.69) is 52.9 Å². The van der Waals surface area contributed by atoms with Gasteiger partial charge >= 0.3 is 0 Å². The second-order valence-electron chi connectivity index (χ2n) is 5.49. The van der Waals surface area contributed by atoms with Crippen LogP contribution in [0.4, 0.5) is 0 Å². The Bertz CT molecular complexity index is 791. The van der Waals surface area contributed by atoms with Gasteiger partial charge in [-0.1, -0.05) is 24.3 Å². The molecule has 0 saturated carbocycles. The highest BCUT2D eigenvalue weighted by molar-refractivity contribution is 5.85. The number of hydrogen-bond acceptors (Lipinski definition) is 2. The lowest BCUT2D eigenvalue weighted by atomic mass is 9.90. The van der Waals surface area contributed by atoms with Crippen molar-refractivity contribution in [2.45, 2.75) is 12.5 Å². The highest BCUT2D eigenvalue weighted by Gasteiger charge is 2.23. The highest BCUT2D eigenvalue weighted by Crippen LogP contribution is 2.34. The predicted molar refractivity (Wildman–Crippen MR) is 84.8 cm³/mol. The van der Waals surface area contributed by atoms with E-state index in [0.29, 0.717) is 0 Å². The summed E-state index contributed by atoms with van der Waals surface area (Å²) >= 11 is 0. The molecule has 4 rings (SSSR count). The van der Waals surface area contributed by atoms with Crippen molar-refractivity contribution in [1.29, 1.82) is 0 Å². The van der Waals surface area contributed by atoms with Gasteiger partial charge in [0.25, 0.3) is 0 Å². The average Bonchev–Trinajstić information content (AvgIpc) is 2.97. The second kappa shape index (κ2) is 4.93. The number of ether oxygens (including phenoxy) is 1. The number of rotatable bonds is 2. The fourth-order valence-electron chi connectivity index (χ4n) is 3.27. The van der Waals surface area contributed by atoms with E-state index in [1.165, 1.54) is 22.1 Å². The number of methoxy groups -OCH3 is 1. The molecule has 3 heteroatoms. The van der Waals surface area contributed by atoms with E-state index in [9.17, 15) is 0 Å². The minimum absolute atomic E-state index is 0.246. The van der Waals surface area contributed by atoms with Crippen LogP contribution in [0.2, 0.25) is 0 Å². The maximum Gasteiger partial charge on any atom is 0.119 e. The maximum absolute atomic E-state index is 5.37. The van der Waals surface area contributed by atoms with Crippen LogP contribution in [0.1, 0.15) is 22.7 Å². The smallest absolute Gasteiger partial charge is 0.119 e. The summed E-state index contributed by atoms with van der Waals surface area (Å²) in [6.45, 7) is 1.01. The lowest BCUT2D eigenvalue weighted by Gasteiger charge is -2.26. The Morgan fingerprint density at radius 3 is 2.90 bits per heavy atom.